The van der Waals surface area contributed by atoms with Crippen LogP contribution in [0.4, 0.5) is 5.69 Å². The summed E-state index contributed by atoms with van der Waals surface area (Å²) in [6, 6.07) is 6.72. The van der Waals surface area contributed by atoms with Gasteiger partial charge in [0.1, 0.15) is 5.71 Å². The zero-order valence-corrected chi connectivity index (χ0v) is 10.8. The van der Waals surface area contributed by atoms with Crippen LogP contribution in [0.5, 0.6) is 0 Å². The van der Waals surface area contributed by atoms with Crippen molar-refractivity contribution in [2.45, 2.75) is 12.8 Å². The Morgan fingerprint density at radius 2 is 1.74 bits per heavy atom. The highest BCUT2D eigenvalue weighted by Crippen LogP contribution is 2.15. The third kappa shape index (κ3) is 4.93. The molecule has 0 aliphatic carbocycles. The van der Waals surface area contributed by atoms with Crippen molar-refractivity contribution in [3.63, 3.8) is 0 Å². The SMILES string of the molecule is N=CCC(=O)C(=N)C(=O)CC=Nc1ccc(Cl)cc1. The topological polar surface area (TPSA) is 94.2 Å². The predicted octanol–water partition coefficient (Wildman–Crippen LogP) is 2.63. The Balaban J connectivity index is 2.54. The summed E-state index contributed by atoms with van der Waals surface area (Å²) in [4.78, 5) is 26.7. The molecule has 2 N–H and O–H groups in total. The number of hydrogen-bond donors (Lipinski definition) is 2. The van der Waals surface area contributed by atoms with Gasteiger partial charge in [0.25, 0.3) is 0 Å². The van der Waals surface area contributed by atoms with E-state index in [9.17, 15) is 9.59 Å². The van der Waals surface area contributed by atoms with Crippen molar-refractivity contribution in [2.75, 3.05) is 0 Å². The molecule has 1 aromatic rings. The Kier molecular flexibility index (Phi) is 5.75. The van der Waals surface area contributed by atoms with Crippen LogP contribution in [0.15, 0.2) is 29.3 Å². The van der Waals surface area contributed by atoms with Crippen molar-refractivity contribution in [1.29, 1.82) is 10.8 Å². The van der Waals surface area contributed by atoms with Crippen LogP contribution in [-0.2, 0) is 9.59 Å². The molecule has 0 bridgehead atoms. The van der Waals surface area contributed by atoms with Crippen molar-refractivity contribution in [3.8, 4) is 0 Å². The molecule has 0 spiro atoms. The second-order valence-electron chi connectivity index (χ2n) is 3.62. The molecular formula is C13H12ClN3O2. The maximum Gasteiger partial charge on any atom is 0.189 e. The fourth-order valence-corrected chi connectivity index (χ4v) is 1.34. The summed E-state index contributed by atoms with van der Waals surface area (Å²) in [6.07, 6.45) is 1.87. The van der Waals surface area contributed by atoms with Crippen LogP contribution in [0, 0.1) is 10.8 Å². The maximum absolute atomic E-state index is 11.5. The maximum atomic E-state index is 11.5. The Labute approximate surface area is 115 Å². The fourth-order valence-electron chi connectivity index (χ4n) is 1.21. The molecule has 19 heavy (non-hydrogen) atoms. The summed E-state index contributed by atoms with van der Waals surface area (Å²) in [6.45, 7) is 0. The van der Waals surface area contributed by atoms with Crippen molar-refractivity contribution in [1.82, 2.24) is 0 Å². The van der Waals surface area contributed by atoms with Crippen molar-refractivity contribution >= 4 is 47.0 Å². The lowest BCUT2D eigenvalue weighted by Crippen LogP contribution is -2.23. The lowest BCUT2D eigenvalue weighted by atomic mass is 10.1. The number of halogens is 1. The van der Waals surface area contributed by atoms with Gasteiger partial charge in [-0.15, -0.1) is 0 Å². The Morgan fingerprint density at radius 1 is 1.16 bits per heavy atom. The quantitative estimate of drug-likeness (QED) is 0.592. The smallest absolute Gasteiger partial charge is 0.189 e. The average molecular weight is 278 g/mol. The normalized spacial score (nSPS) is 10.4. The first-order valence-electron chi connectivity index (χ1n) is 5.46. The number of nitrogens with zero attached hydrogens (tertiary/aromatic N) is 1. The number of rotatable bonds is 7. The minimum Gasteiger partial charge on any atom is -0.313 e. The Morgan fingerprint density at radius 3 is 2.32 bits per heavy atom. The first-order chi connectivity index (χ1) is 9.04. The number of aliphatic imine (C=N–C) groups is 1. The first kappa shape index (κ1) is 14.9. The number of carbonyl (C=O) groups is 2. The Hall–Kier alpha value is -2.14. The summed E-state index contributed by atoms with van der Waals surface area (Å²) in [5.41, 5.74) is 0.0422. The van der Waals surface area contributed by atoms with Crippen LogP contribution >= 0.6 is 11.6 Å². The third-order valence-corrected chi connectivity index (χ3v) is 2.44. The van der Waals surface area contributed by atoms with E-state index in [1.165, 1.54) is 6.21 Å². The van der Waals surface area contributed by atoms with Gasteiger partial charge in [-0.2, -0.15) is 0 Å². The van der Waals surface area contributed by atoms with E-state index in [0.717, 1.165) is 6.21 Å². The molecule has 0 unspecified atom stereocenters. The molecule has 0 amide bonds. The largest absolute Gasteiger partial charge is 0.313 e. The van der Waals surface area contributed by atoms with E-state index in [-0.39, 0.29) is 12.8 Å². The molecule has 0 aliphatic rings. The van der Waals surface area contributed by atoms with E-state index in [1.807, 2.05) is 0 Å². The van der Waals surface area contributed by atoms with Gasteiger partial charge in [0.15, 0.2) is 11.6 Å². The van der Waals surface area contributed by atoms with E-state index in [0.29, 0.717) is 10.7 Å². The van der Waals surface area contributed by atoms with Gasteiger partial charge in [-0.25, -0.2) is 0 Å². The van der Waals surface area contributed by atoms with Crippen LogP contribution < -0.4 is 0 Å². The lowest BCUT2D eigenvalue weighted by Gasteiger charge is -1.97. The molecule has 98 valence electrons. The van der Waals surface area contributed by atoms with Gasteiger partial charge in [0.2, 0.25) is 0 Å². The highest BCUT2D eigenvalue weighted by atomic mass is 35.5. The fraction of sp³-hybridized carbons (Fsp3) is 0.154. The van der Waals surface area contributed by atoms with Gasteiger partial charge in [-0.3, -0.25) is 20.0 Å². The summed E-state index contributed by atoms with van der Waals surface area (Å²) in [7, 11) is 0. The highest BCUT2D eigenvalue weighted by Gasteiger charge is 2.15. The van der Waals surface area contributed by atoms with Crippen LogP contribution in [0.2, 0.25) is 5.02 Å². The highest BCUT2D eigenvalue weighted by molar-refractivity contribution is 6.66. The molecule has 1 rings (SSSR count). The van der Waals surface area contributed by atoms with E-state index in [2.05, 4.69) is 4.99 Å². The molecule has 0 saturated carbocycles. The molecule has 0 heterocycles. The van der Waals surface area contributed by atoms with Gasteiger partial charge >= 0.3 is 0 Å². The van der Waals surface area contributed by atoms with Gasteiger partial charge < -0.3 is 5.41 Å². The molecule has 0 aliphatic heterocycles. The molecule has 0 radical (unpaired) electrons. The molecule has 1 aromatic carbocycles. The van der Waals surface area contributed by atoms with Gasteiger partial charge in [-0.1, -0.05) is 11.6 Å². The average Bonchev–Trinajstić information content (AvgIpc) is 2.40. The van der Waals surface area contributed by atoms with E-state index >= 15 is 0 Å². The number of benzene rings is 1. The monoisotopic (exact) mass is 277 g/mol. The molecule has 6 heteroatoms. The van der Waals surface area contributed by atoms with Crippen molar-refractivity contribution in [2.24, 2.45) is 4.99 Å². The number of carbonyl (C=O) groups excluding carboxylic acids is 2. The van der Waals surface area contributed by atoms with Gasteiger partial charge in [0.05, 0.1) is 5.69 Å². The predicted molar refractivity (Wildman–Crippen MR) is 75.4 cm³/mol. The summed E-state index contributed by atoms with van der Waals surface area (Å²) in [5.74, 6) is -1.26. The van der Waals surface area contributed by atoms with Crippen LogP contribution in [0.1, 0.15) is 12.8 Å². The van der Waals surface area contributed by atoms with Crippen LogP contribution in [-0.4, -0.2) is 29.7 Å². The number of nitrogens with one attached hydrogen (secondary N) is 2. The Bertz CT molecular complexity index is 535. The third-order valence-electron chi connectivity index (χ3n) is 2.19. The minimum atomic E-state index is -0.653. The second-order valence-corrected chi connectivity index (χ2v) is 4.06. The molecular weight excluding hydrogens is 266 g/mol. The zero-order valence-electron chi connectivity index (χ0n) is 10.0. The van der Waals surface area contributed by atoms with E-state index < -0.39 is 17.3 Å². The summed E-state index contributed by atoms with van der Waals surface area (Å²) in [5, 5.41) is 14.7. The number of hydrogen-bond acceptors (Lipinski definition) is 5. The van der Waals surface area contributed by atoms with E-state index in [4.69, 9.17) is 22.4 Å². The summed E-state index contributed by atoms with van der Waals surface area (Å²) < 4.78 is 0. The number of ketones is 2. The van der Waals surface area contributed by atoms with Crippen LogP contribution in [0.25, 0.3) is 0 Å². The molecule has 5 nitrogen and oxygen atoms in total. The summed E-state index contributed by atoms with van der Waals surface area (Å²) >= 11 is 5.71. The zero-order chi connectivity index (χ0) is 14.3. The molecule has 0 aromatic heterocycles. The van der Waals surface area contributed by atoms with Gasteiger partial charge in [-0.05, 0) is 24.3 Å². The van der Waals surface area contributed by atoms with E-state index in [1.54, 1.807) is 24.3 Å². The van der Waals surface area contributed by atoms with Crippen molar-refractivity contribution in [3.05, 3.63) is 29.3 Å². The van der Waals surface area contributed by atoms with Crippen LogP contribution in [0.3, 0.4) is 0 Å². The molecule has 0 fully saturated rings. The lowest BCUT2D eigenvalue weighted by molar-refractivity contribution is -0.115. The molecule has 0 saturated heterocycles. The second kappa shape index (κ2) is 7.33. The van der Waals surface area contributed by atoms with Crippen molar-refractivity contribution < 1.29 is 9.59 Å². The number of Topliss-reactive ketones (excluding diaryl/α,β-unsaturated/α-hetero) is 2. The minimum absolute atomic E-state index is 0.120. The standard InChI is InChI=1S/C13H12ClN3O2/c14-9-1-3-10(4-2-9)17-8-6-12(19)13(16)11(18)5-7-15/h1-4,7-8,15-16H,5-6H2. The van der Waals surface area contributed by atoms with Gasteiger partial charge in [0, 0.05) is 30.3 Å². The molecule has 0 atom stereocenters. The first-order valence-corrected chi connectivity index (χ1v) is 5.84.